The largest absolute Gasteiger partial charge is 0.444 e. The molecule has 0 heterocycles. The minimum absolute atomic E-state index is 0.195. The zero-order valence-corrected chi connectivity index (χ0v) is 15.9. The first-order valence-corrected chi connectivity index (χ1v) is 9.75. The number of ether oxygens (including phenoxy) is 1. The molecule has 5 nitrogen and oxygen atoms in total. The molecule has 6 heteroatoms. The molecule has 0 unspecified atom stereocenters. The number of hydrogen-bond donors (Lipinski definition) is 1. The fourth-order valence-electron chi connectivity index (χ4n) is 2.21. The third-order valence-corrected chi connectivity index (χ3v) is 4.80. The van der Waals surface area contributed by atoms with Crippen molar-refractivity contribution in [1.29, 1.82) is 0 Å². The average molecular weight is 373 g/mol. The van der Waals surface area contributed by atoms with E-state index in [-0.39, 0.29) is 4.90 Å². The van der Waals surface area contributed by atoms with Gasteiger partial charge in [0, 0.05) is 5.41 Å². The number of carbonyl (C=O) groups is 1. The summed E-state index contributed by atoms with van der Waals surface area (Å²) in [7, 11) is -3.61. The summed E-state index contributed by atoms with van der Waals surface area (Å²) in [4.78, 5) is 12.3. The number of rotatable bonds is 5. The molecule has 2 rings (SSSR count). The van der Waals surface area contributed by atoms with Crippen molar-refractivity contribution in [1.82, 2.24) is 5.32 Å². The Morgan fingerprint density at radius 3 is 2.08 bits per heavy atom. The van der Waals surface area contributed by atoms with Crippen LogP contribution < -0.4 is 5.32 Å². The molecule has 0 aliphatic carbocycles. The maximum atomic E-state index is 12.5. The molecule has 0 aliphatic rings. The highest BCUT2D eigenvalue weighted by Crippen LogP contribution is 2.18. The summed E-state index contributed by atoms with van der Waals surface area (Å²) in [5.74, 6) is 0. The van der Waals surface area contributed by atoms with Gasteiger partial charge in [0.25, 0.3) is 0 Å². The van der Waals surface area contributed by atoms with Crippen molar-refractivity contribution in [3.63, 3.8) is 0 Å². The van der Waals surface area contributed by atoms with Crippen LogP contribution in [0.4, 0.5) is 4.79 Å². The molecule has 0 fully saturated rings. The van der Waals surface area contributed by atoms with Crippen LogP contribution in [0, 0.1) is 0 Å². The lowest BCUT2D eigenvalue weighted by Gasteiger charge is -2.22. The average Bonchev–Trinajstić information content (AvgIpc) is 2.58. The van der Waals surface area contributed by atoms with E-state index in [1.54, 1.807) is 39.0 Å². The highest BCUT2D eigenvalue weighted by atomic mass is 32.2. The van der Waals surface area contributed by atoms with Gasteiger partial charge < -0.3 is 10.1 Å². The van der Waals surface area contributed by atoms with Crippen molar-refractivity contribution >= 4 is 15.9 Å². The van der Waals surface area contributed by atoms with Gasteiger partial charge in [-0.15, -0.1) is 0 Å². The zero-order valence-electron chi connectivity index (χ0n) is 15.0. The van der Waals surface area contributed by atoms with Gasteiger partial charge in [-0.1, -0.05) is 48.5 Å². The fourth-order valence-corrected chi connectivity index (χ4v) is 3.27. The summed E-state index contributed by atoms with van der Waals surface area (Å²) < 4.78 is 30.2. The van der Waals surface area contributed by atoms with Crippen molar-refractivity contribution in [2.24, 2.45) is 0 Å². The lowest BCUT2D eigenvalue weighted by atomic mass is 10.1. The zero-order chi connectivity index (χ0) is 19.2. The first-order valence-electron chi connectivity index (χ1n) is 8.20. The van der Waals surface area contributed by atoms with Gasteiger partial charge >= 0.3 is 6.09 Å². The fraction of sp³-hybridized carbons (Fsp3) is 0.250. The van der Waals surface area contributed by atoms with Gasteiger partial charge in [0.15, 0.2) is 9.84 Å². The quantitative estimate of drug-likeness (QED) is 0.851. The number of nitrogens with one attached hydrogen (secondary N) is 1. The van der Waals surface area contributed by atoms with E-state index >= 15 is 0 Å². The van der Waals surface area contributed by atoms with E-state index in [4.69, 9.17) is 4.74 Å². The topological polar surface area (TPSA) is 72.5 Å². The summed E-state index contributed by atoms with van der Waals surface area (Å²) in [5.41, 5.74) is 0.100. The second-order valence-corrected chi connectivity index (χ2v) is 8.55. The second kappa shape index (κ2) is 8.19. The number of amides is 1. The van der Waals surface area contributed by atoms with Crippen molar-refractivity contribution in [3.05, 3.63) is 77.7 Å². The lowest BCUT2D eigenvalue weighted by molar-refractivity contribution is 0.0514. The van der Waals surface area contributed by atoms with Crippen LogP contribution in [0.5, 0.6) is 0 Å². The normalized spacial score (nSPS) is 13.3. The van der Waals surface area contributed by atoms with E-state index in [1.807, 2.05) is 30.3 Å². The van der Waals surface area contributed by atoms with Crippen molar-refractivity contribution < 1.29 is 17.9 Å². The molecule has 0 bridgehead atoms. The van der Waals surface area contributed by atoms with Gasteiger partial charge in [-0.25, -0.2) is 13.2 Å². The molecule has 2 aromatic rings. The van der Waals surface area contributed by atoms with E-state index in [0.29, 0.717) is 0 Å². The first kappa shape index (κ1) is 19.7. The number of benzene rings is 2. The smallest absolute Gasteiger partial charge is 0.408 e. The van der Waals surface area contributed by atoms with E-state index in [0.717, 1.165) is 11.0 Å². The molecule has 0 radical (unpaired) electrons. The summed E-state index contributed by atoms with van der Waals surface area (Å²) >= 11 is 0. The Morgan fingerprint density at radius 1 is 1.00 bits per heavy atom. The van der Waals surface area contributed by atoms with Crippen LogP contribution in [0.1, 0.15) is 32.4 Å². The lowest BCUT2D eigenvalue weighted by Crippen LogP contribution is -2.34. The molecular weight excluding hydrogens is 350 g/mol. The Bertz CT molecular complexity index is 854. The molecule has 0 aliphatic heterocycles. The van der Waals surface area contributed by atoms with Crippen LogP contribution in [0.3, 0.4) is 0 Å². The van der Waals surface area contributed by atoms with Crippen LogP contribution in [-0.4, -0.2) is 20.1 Å². The van der Waals surface area contributed by atoms with Crippen LogP contribution in [0.2, 0.25) is 0 Å². The summed E-state index contributed by atoms with van der Waals surface area (Å²) in [6, 6.07) is 16.6. The number of hydrogen-bond acceptors (Lipinski definition) is 4. The minimum Gasteiger partial charge on any atom is -0.444 e. The van der Waals surface area contributed by atoms with Gasteiger partial charge in [-0.2, -0.15) is 0 Å². The Hall–Kier alpha value is -2.60. The SMILES string of the molecule is CC(C)(C)OC(=O)N[C@H](/C=C/S(=O)(=O)c1ccccc1)c1ccccc1. The van der Waals surface area contributed by atoms with Crippen LogP contribution in [0.25, 0.3) is 0 Å². The van der Waals surface area contributed by atoms with E-state index < -0.39 is 27.6 Å². The maximum absolute atomic E-state index is 12.5. The van der Waals surface area contributed by atoms with Crippen molar-refractivity contribution in [3.8, 4) is 0 Å². The Morgan fingerprint density at radius 2 is 1.54 bits per heavy atom. The Kier molecular flexibility index (Phi) is 6.21. The summed E-state index contributed by atoms with van der Waals surface area (Å²) in [6.45, 7) is 5.29. The van der Waals surface area contributed by atoms with Crippen molar-refractivity contribution in [2.75, 3.05) is 0 Å². The van der Waals surface area contributed by atoms with Crippen LogP contribution in [0.15, 0.2) is 77.0 Å². The summed E-state index contributed by atoms with van der Waals surface area (Å²) in [6.07, 6.45) is 0.829. The molecular formula is C20H23NO4S. The molecule has 1 atom stereocenters. The standard InChI is InChI=1S/C20H23NO4S/c1-20(2,3)25-19(22)21-18(16-10-6-4-7-11-16)14-15-26(23,24)17-12-8-5-9-13-17/h4-15,18H,1-3H3,(H,21,22)/b15-14+/t18-/m1/s1. The van der Waals surface area contributed by atoms with Crippen molar-refractivity contribution in [2.45, 2.75) is 37.3 Å². The third-order valence-electron chi connectivity index (χ3n) is 3.35. The number of sulfone groups is 1. The monoisotopic (exact) mass is 373 g/mol. The molecule has 0 saturated heterocycles. The number of carbonyl (C=O) groups excluding carboxylic acids is 1. The first-order chi connectivity index (χ1) is 12.2. The predicted molar refractivity (Wildman–Crippen MR) is 101 cm³/mol. The van der Waals surface area contributed by atoms with Crippen LogP contribution in [-0.2, 0) is 14.6 Å². The third kappa shape index (κ3) is 6.04. The van der Waals surface area contributed by atoms with Gasteiger partial charge in [-0.3, -0.25) is 0 Å². The van der Waals surface area contributed by atoms with Gasteiger partial charge in [0.2, 0.25) is 0 Å². The Balaban J connectivity index is 2.26. The highest BCUT2D eigenvalue weighted by Gasteiger charge is 2.20. The molecule has 1 amide bonds. The molecule has 0 spiro atoms. The molecule has 26 heavy (non-hydrogen) atoms. The van der Waals surface area contributed by atoms with E-state index in [1.165, 1.54) is 18.2 Å². The second-order valence-electron chi connectivity index (χ2n) is 6.72. The summed E-state index contributed by atoms with van der Waals surface area (Å²) in [5, 5.41) is 3.81. The Labute approximate surface area is 154 Å². The number of alkyl carbamates (subject to hydrolysis) is 1. The van der Waals surface area contributed by atoms with Gasteiger partial charge in [-0.05, 0) is 44.5 Å². The van der Waals surface area contributed by atoms with Gasteiger partial charge in [0.1, 0.15) is 5.60 Å². The molecule has 2 aromatic carbocycles. The minimum atomic E-state index is -3.61. The van der Waals surface area contributed by atoms with E-state index in [2.05, 4.69) is 5.32 Å². The van der Waals surface area contributed by atoms with Gasteiger partial charge in [0.05, 0.1) is 10.9 Å². The maximum Gasteiger partial charge on any atom is 0.408 e. The molecule has 0 aromatic heterocycles. The molecule has 138 valence electrons. The molecule has 1 N–H and O–H groups in total. The highest BCUT2D eigenvalue weighted by molar-refractivity contribution is 7.94. The van der Waals surface area contributed by atoms with Crippen LogP contribution >= 0.6 is 0 Å². The van der Waals surface area contributed by atoms with E-state index in [9.17, 15) is 13.2 Å². The predicted octanol–water partition coefficient (Wildman–Crippen LogP) is 4.24. The molecule has 0 saturated carbocycles.